The Bertz CT molecular complexity index is 1360. The molecular weight excluding hydrogens is 501 g/mol. The number of nitrogens with zero attached hydrogens (tertiary/aromatic N) is 4. The first kappa shape index (κ1) is 24.8. The number of ether oxygens (including phenoxy) is 1. The fourth-order valence-electron chi connectivity index (χ4n) is 5.85. The molecule has 11 heteroatoms. The van der Waals surface area contributed by atoms with Crippen molar-refractivity contribution in [2.75, 3.05) is 4.90 Å². The molecule has 0 spiro atoms. The Labute approximate surface area is 216 Å². The Morgan fingerprint density at radius 3 is 2.50 bits per heavy atom. The van der Waals surface area contributed by atoms with Gasteiger partial charge in [0.25, 0.3) is 0 Å². The van der Waals surface area contributed by atoms with Crippen molar-refractivity contribution in [2.24, 2.45) is 0 Å². The first-order chi connectivity index (χ1) is 18.2. The Kier molecular flexibility index (Phi) is 6.13. The summed E-state index contributed by atoms with van der Waals surface area (Å²) in [6.45, 7) is 1.87. The van der Waals surface area contributed by atoms with E-state index in [-0.39, 0.29) is 47.7 Å². The average molecular weight is 529 g/mol. The number of carboxylic acid groups (broad SMARTS) is 1. The molecule has 3 aromatic rings. The number of anilines is 1. The summed E-state index contributed by atoms with van der Waals surface area (Å²) in [6, 6.07) is 7.06. The fraction of sp³-hybridized carbons (Fsp3) is 0.481. The minimum absolute atomic E-state index is 0.00466. The van der Waals surface area contributed by atoms with E-state index in [1.54, 1.807) is 13.0 Å². The van der Waals surface area contributed by atoms with Gasteiger partial charge in [0, 0.05) is 34.8 Å². The zero-order chi connectivity index (χ0) is 26.6. The molecule has 1 saturated carbocycles. The summed E-state index contributed by atoms with van der Waals surface area (Å²) in [7, 11) is 0. The summed E-state index contributed by atoms with van der Waals surface area (Å²) in [5.74, 6) is 0.111. The predicted molar refractivity (Wildman–Crippen MR) is 130 cm³/mol. The molecule has 2 bridgehead atoms. The second-order valence-electron chi connectivity index (χ2n) is 10.4. The lowest BCUT2D eigenvalue weighted by Gasteiger charge is -2.39. The molecule has 3 atom stereocenters. The highest BCUT2D eigenvalue weighted by atomic mass is 19.4. The van der Waals surface area contributed by atoms with Gasteiger partial charge < -0.3 is 19.3 Å². The Morgan fingerprint density at radius 1 is 1.13 bits per heavy atom. The van der Waals surface area contributed by atoms with Gasteiger partial charge in [0.15, 0.2) is 5.69 Å². The van der Waals surface area contributed by atoms with E-state index in [4.69, 9.17) is 9.26 Å². The van der Waals surface area contributed by atoms with E-state index in [1.165, 1.54) is 18.2 Å². The largest absolute Gasteiger partial charge is 0.477 e. The van der Waals surface area contributed by atoms with Crippen LogP contribution >= 0.6 is 0 Å². The molecule has 1 aromatic carbocycles. The van der Waals surface area contributed by atoms with Gasteiger partial charge in [0.2, 0.25) is 5.95 Å². The zero-order valence-corrected chi connectivity index (χ0v) is 20.7. The van der Waals surface area contributed by atoms with Gasteiger partial charge in [-0.3, -0.25) is 0 Å². The van der Waals surface area contributed by atoms with Gasteiger partial charge in [-0.2, -0.15) is 13.2 Å². The molecule has 0 radical (unpaired) electrons. The lowest BCUT2D eigenvalue weighted by molar-refractivity contribution is -0.137. The number of rotatable bonds is 7. The van der Waals surface area contributed by atoms with Crippen LogP contribution in [-0.2, 0) is 17.5 Å². The second-order valence-corrected chi connectivity index (χ2v) is 10.4. The van der Waals surface area contributed by atoms with Crippen LogP contribution in [0, 0.1) is 6.92 Å². The van der Waals surface area contributed by atoms with Crippen molar-refractivity contribution < 1.29 is 32.3 Å². The number of aromatic carboxylic acids is 1. The Hall–Kier alpha value is -3.47. The van der Waals surface area contributed by atoms with Crippen LogP contribution in [0.25, 0.3) is 11.3 Å². The number of hydrogen-bond acceptors (Lipinski definition) is 7. The smallest absolute Gasteiger partial charge is 0.417 e. The highest BCUT2D eigenvalue weighted by Gasteiger charge is 2.43. The molecule has 38 heavy (non-hydrogen) atoms. The molecule has 2 aromatic heterocycles. The first-order valence-electron chi connectivity index (χ1n) is 12.8. The third-order valence-corrected chi connectivity index (χ3v) is 7.70. The van der Waals surface area contributed by atoms with E-state index in [1.807, 2.05) is 0 Å². The number of fused-ring (bicyclic) bond motifs is 2. The minimum atomic E-state index is -4.52. The van der Waals surface area contributed by atoms with Crippen molar-refractivity contribution in [3.63, 3.8) is 0 Å². The third kappa shape index (κ3) is 4.63. The molecule has 3 fully saturated rings. The van der Waals surface area contributed by atoms with E-state index in [2.05, 4.69) is 20.0 Å². The first-order valence-corrected chi connectivity index (χ1v) is 12.8. The van der Waals surface area contributed by atoms with Crippen LogP contribution in [0.1, 0.15) is 77.5 Å². The Morgan fingerprint density at radius 2 is 1.84 bits per heavy atom. The summed E-state index contributed by atoms with van der Waals surface area (Å²) in [5.41, 5.74) is 0.590. The maximum Gasteiger partial charge on any atom is 0.417 e. The van der Waals surface area contributed by atoms with Crippen molar-refractivity contribution in [1.82, 2.24) is 15.1 Å². The number of benzene rings is 1. The number of aromatic nitrogens is 3. The molecular formula is C27H27F3N4O4. The van der Waals surface area contributed by atoms with Gasteiger partial charge in [-0.15, -0.1) is 0 Å². The van der Waals surface area contributed by atoms with Crippen LogP contribution in [0.3, 0.4) is 0 Å². The van der Waals surface area contributed by atoms with Crippen molar-refractivity contribution in [3.8, 4) is 11.3 Å². The molecule has 2 aliphatic heterocycles. The second kappa shape index (κ2) is 9.37. The highest BCUT2D eigenvalue weighted by molar-refractivity contribution is 5.85. The normalized spacial score (nSPS) is 23.2. The Balaban J connectivity index is 1.22. The standard InChI is InChI=1S/C27H27F3N4O4/c1-14-10-22(25(35)36)32-26(31-14)34-16-8-9-17(34)12-18(11-16)37-13-20-23(33-38-24(20)15-6-7-15)19-4-2-3-5-21(19)27(28,29)30/h2-5,10,15-18H,6-9,11-13H2,1H3,(H,35,36)/t16-,17+,18?. The molecule has 2 saturated heterocycles. The van der Waals surface area contributed by atoms with Crippen LogP contribution in [-0.4, -0.2) is 44.4 Å². The van der Waals surface area contributed by atoms with Gasteiger partial charge in [-0.25, -0.2) is 14.8 Å². The van der Waals surface area contributed by atoms with Crippen LogP contribution in [0.2, 0.25) is 0 Å². The summed E-state index contributed by atoms with van der Waals surface area (Å²) in [6.07, 6.45) is 0.408. The van der Waals surface area contributed by atoms with E-state index in [0.717, 1.165) is 31.7 Å². The predicted octanol–water partition coefficient (Wildman–Crippen LogP) is 5.75. The molecule has 1 unspecified atom stereocenters. The number of hydrogen-bond donors (Lipinski definition) is 1. The van der Waals surface area contributed by atoms with Crippen molar-refractivity contribution >= 4 is 11.9 Å². The van der Waals surface area contributed by atoms with E-state index in [9.17, 15) is 23.1 Å². The lowest BCUT2D eigenvalue weighted by Crippen LogP contribution is -2.46. The molecule has 0 amide bonds. The molecule has 200 valence electrons. The van der Waals surface area contributed by atoms with Crippen molar-refractivity contribution in [3.05, 3.63) is 58.6 Å². The van der Waals surface area contributed by atoms with Gasteiger partial charge >= 0.3 is 12.1 Å². The van der Waals surface area contributed by atoms with E-state index < -0.39 is 17.7 Å². The zero-order valence-electron chi connectivity index (χ0n) is 20.7. The highest BCUT2D eigenvalue weighted by Crippen LogP contribution is 2.46. The average Bonchev–Trinajstić information content (AvgIpc) is 3.57. The number of carbonyl (C=O) groups is 1. The summed E-state index contributed by atoms with van der Waals surface area (Å²) in [5, 5.41) is 13.5. The molecule has 4 heterocycles. The van der Waals surface area contributed by atoms with Gasteiger partial charge in [0.05, 0.1) is 18.3 Å². The summed E-state index contributed by atoms with van der Waals surface area (Å²) < 4.78 is 53.2. The quantitative estimate of drug-likeness (QED) is 0.414. The van der Waals surface area contributed by atoms with Gasteiger partial charge in [-0.1, -0.05) is 23.4 Å². The third-order valence-electron chi connectivity index (χ3n) is 7.70. The molecule has 8 nitrogen and oxygen atoms in total. The summed E-state index contributed by atoms with van der Waals surface area (Å²) >= 11 is 0. The minimum Gasteiger partial charge on any atom is -0.477 e. The summed E-state index contributed by atoms with van der Waals surface area (Å²) in [4.78, 5) is 22.4. The maximum atomic E-state index is 13.7. The lowest BCUT2D eigenvalue weighted by atomic mass is 9.98. The molecule has 3 aliphatic rings. The molecule has 1 N–H and O–H groups in total. The number of aryl methyl sites for hydroxylation is 1. The van der Waals surface area contributed by atoms with Crippen LogP contribution in [0.15, 0.2) is 34.9 Å². The van der Waals surface area contributed by atoms with Crippen molar-refractivity contribution in [1.29, 1.82) is 0 Å². The number of alkyl halides is 3. The van der Waals surface area contributed by atoms with E-state index >= 15 is 0 Å². The monoisotopic (exact) mass is 528 g/mol. The molecule has 6 rings (SSSR count). The number of carboxylic acids is 1. The van der Waals surface area contributed by atoms with Gasteiger partial charge in [0.1, 0.15) is 11.5 Å². The van der Waals surface area contributed by atoms with Crippen molar-refractivity contribution in [2.45, 2.75) is 82.3 Å². The topological polar surface area (TPSA) is 102 Å². The van der Waals surface area contributed by atoms with Gasteiger partial charge in [-0.05, 0) is 57.6 Å². The van der Waals surface area contributed by atoms with E-state index in [0.29, 0.717) is 35.8 Å². The number of halogens is 3. The number of piperidine rings is 1. The SMILES string of the molecule is Cc1cc(C(=O)O)nc(N2[C@@H]3CC[C@H]2CC(OCc2c(-c4ccccc4C(F)(F)F)noc2C2CC2)C3)n1. The fourth-order valence-corrected chi connectivity index (χ4v) is 5.85. The molecule has 1 aliphatic carbocycles. The maximum absolute atomic E-state index is 13.7. The van der Waals surface area contributed by atoms with Crippen LogP contribution in [0.5, 0.6) is 0 Å². The van der Waals surface area contributed by atoms with Crippen LogP contribution in [0.4, 0.5) is 19.1 Å². The van der Waals surface area contributed by atoms with Crippen LogP contribution < -0.4 is 4.90 Å².